The van der Waals surface area contributed by atoms with Crippen LogP contribution in [0.4, 0.5) is 0 Å². The molecule has 0 amide bonds. The second-order valence-corrected chi connectivity index (χ2v) is 7.97. The number of para-hydroxylation sites is 1. The Hall–Kier alpha value is -3.57. The van der Waals surface area contributed by atoms with E-state index in [1.54, 1.807) is 19.2 Å². The van der Waals surface area contributed by atoms with Gasteiger partial charge in [-0.25, -0.2) is 4.79 Å². The summed E-state index contributed by atoms with van der Waals surface area (Å²) in [6.45, 7) is 0. The smallest absolute Gasteiger partial charge is 0.347 e. The van der Waals surface area contributed by atoms with Crippen LogP contribution in [0.25, 0.3) is 44.7 Å². The summed E-state index contributed by atoms with van der Waals surface area (Å²) in [5.41, 5.74) is 3.07. The van der Waals surface area contributed by atoms with E-state index in [-0.39, 0.29) is 0 Å². The number of methoxy groups -OCH3 is 1. The zero-order chi connectivity index (χ0) is 21.4. The normalized spacial score (nSPS) is 11.0. The molecule has 0 saturated heterocycles. The zero-order valence-electron chi connectivity index (χ0n) is 16.6. The topological polar surface area (TPSA) is 52.6 Å². The van der Waals surface area contributed by atoms with Crippen molar-refractivity contribution in [3.63, 3.8) is 0 Å². The number of ether oxygens (including phenoxy) is 1. The summed E-state index contributed by atoms with van der Waals surface area (Å²) >= 11 is 3.47. The quantitative estimate of drug-likeness (QED) is 0.260. The molecular weight excluding hydrogens is 456 g/mol. The fraction of sp³-hybridized carbons (Fsp3) is 0.0385. The molecule has 0 bridgehead atoms. The first-order valence-corrected chi connectivity index (χ1v) is 10.5. The number of furan rings is 1. The predicted molar refractivity (Wildman–Crippen MR) is 125 cm³/mol. The van der Waals surface area contributed by atoms with E-state index < -0.39 is 5.63 Å². The SMILES string of the molecule is COc1ccccc1-c1cc(-c2cc3cc(Br)ccc3oc2=O)oc1-c1ccccc1. The number of hydrogen-bond donors (Lipinski definition) is 0. The van der Waals surface area contributed by atoms with Gasteiger partial charge >= 0.3 is 5.63 Å². The molecule has 0 unspecified atom stereocenters. The van der Waals surface area contributed by atoms with Crippen molar-refractivity contribution in [1.29, 1.82) is 0 Å². The van der Waals surface area contributed by atoms with Crippen LogP contribution in [0.5, 0.6) is 5.75 Å². The monoisotopic (exact) mass is 472 g/mol. The summed E-state index contributed by atoms with van der Waals surface area (Å²) in [5.74, 6) is 1.82. The van der Waals surface area contributed by atoms with E-state index in [9.17, 15) is 4.79 Å². The lowest BCUT2D eigenvalue weighted by Gasteiger charge is -2.08. The average Bonchev–Trinajstić information content (AvgIpc) is 3.24. The molecule has 2 heterocycles. The number of rotatable bonds is 4. The fourth-order valence-corrected chi connectivity index (χ4v) is 4.04. The maximum absolute atomic E-state index is 12.8. The molecule has 0 saturated carbocycles. The molecule has 0 fully saturated rings. The van der Waals surface area contributed by atoms with Gasteiger partial charge in [0.1, 0.15) is 28.4 Å². The third-order valence-corrected chi connectivity index (χ3v) is 5.62. The average molecular weight is 473 g/mol. The summed E-state index contributed by atoms with van der Waals surface area (Å²) in [4.78, 5) is 12.8. The molecule has 0 aliphatic heterocycles. The largest absolute Gasteiger partial charge is 0.496 e. The fourth-order valence-electron chi connectivity index (χ4n) is 3.66. The Morgan fingerprint density at radius 1 is 0.774 bits per heavy atom. The molecule has 2 aromatic heterocycles. The number of benzene rings is 3. The lowest BCUT2D eigenvalue weighted by molar-refractivity contribution is 0.416. The van der Waals surface area contributed by atoms with E-state index in [0.29, 0.717) is 22.7 Å². The van der Waals surface area contributed by atoms with Gasteiger partial charge in [0.2, 0.25) is 0 Å². The molecule has 0 N–H and O–H groups in total. The minimum absolute atomic E-state index is 0.365. The maximum atomic E-state index is 12.8. The second-order valence-electron chi connectivity index (χ2n) is 7.05. The van der Waals surface area contributed by atoms with Crippen molar-refractivity contribution in [1.82, 2.24) is 0 Å². The van der Waals surface area contributed by atoms with Gasteiger partial charge in [0.25, 0.3) is 0 Å². The first-order valence-electron chi connectivity index (χ1n) is 9.70. The maximum Gasteiger partial charge on any atom is 0.347 e. The van der Waals surface area contributed by atoms with E-state index in [0.717, 1.165) is 32.3 Å². The van der Waals surface area contributed by atoms with Crippen molar-refractivity contribution in [2.45, 2.75) is 0 Å². The second kappa shape index (κ2) is 7.93. The molecule has 5 aromatic rings. The van der Waals surface area contributed by atoms with E-state index in [4.69, 9.17) is 13.6 Å². The molecular formula is C26H17BrO4. The summed E-state index contributed by atoms with van der Waals surface area (Å²) in [7, 11) is 1.64. The number of hydrogen-bond acceptors (Lipinski definition) is 4. The molecule has 0 spiro atoms. The molecule has 5 heteroatoms. The van der Waals surface area contributed by atoms with Crippen LogP contribution in [-0.4, -0.2) is 7.11 Å². The zero-order valence-corrected chi connectivity index (χ0v) is 18.2. The Bertz CT molecular complexity index is 1450. The number of fused-ring (bicyclic) bond motifs is 1. The van der Waals surface area contributed by atoms with Crippen LogP contribution in [-0.2, 0) is 0 Å². The Kier molecular flexibility index (Phi) is 4.96. The van der Waals surface area contributed by atoms with Crippen LogP contribution >= 0.6 is 15.9 Å². The molecule has 4 nitrogen and oxygen atoms in total. The summed E-state index contributed by atoms with van der Waals surface area (Å²) in [6, 6.07) is 26.7. The van der Waals surface area contributed by atoms with Crippen molar-refractivity contribution >= 4 is 26.9 Å². The van der Waals surface area contributed by atoms with Crippen LogP contribution in [0.3, 0.4) is 0 Å². The van der Waals surface area contributed by atoms with Crippen molar-refractivity contribution in [3.8, 4) is 39.5 Å². The van der Waals surface area contributed by atoms with Crippen molar-refractivity contribution in [3.05, 3.63) is 99.8 Å². The van der Waals surface area contributed by atoms with Gasteiger partial charge in [-0.3, -0.25) is 0 Å². The van der Waals surface area contributed by atoms with Gasteiger partial charge in [0.05, 0.1) is 7.11 Å². The van der Waals surface area contributed by atoms with Gasteiger partial charge in [-0.15, -0.1) is 0 Å². The predicted octanol–water partition coefficient (Wildman–Crippen LogP) is 7.16. The Balaban J connectivity index is 1.77. The first kappa shape index (κ1) is 19.4. The standard InChI is InChI=1S/C26H17BrO4/c1-29-23-10-6-5-9-19(23)20-15-24(30-25(20)16-7-3-2-4-8-16)21-14-17-13-18(27)11-12-22(17)31-26(21)28/h2-15H,1H3. The third kappa shape index (κ3) is 3.57. The third-order valence-electron chi connectivity index (χ3n) is 5.12. The van der Waals surface area contributed by atoms with E-state index in [1.807, 2.05) is 72.8 Å². The van der Waals surface area contributed by atoms with Gasteiger partial charge in [-0.05, 0) is 36.4 Å². The van der Waals surface area contributed by atoms with Gasteiger partial charge in [-0.1, -0.05) is 64.5 Å². The van der Waals surface area contributed by atoms with Gasteiger partial charge in [0.15, 0.2) is 0 Å². The van der Waals surface area contributed by atoms with Gasteiger partial charge in [-0.2, -0.15) is 0 Å². The first-order chi connectivity index (χ1) is 15.1. The molecule has 0 atom stereocenters. The Labute approximate surface area is 186 Å². The Morgan fingerprint density at radius 3 is 2.35 bits per heavy atom. The summed E-state index contributed by atoms with van der Waals surface area (Å²) in [5, 5.41) is 0.806. The summed E-state index contributed by atoms with van der Waals surface area (Å²) in [6.07, 6.45) is 0. The highest BCUT2D eigenvalue weighted by Crippen LogP contribution is 2.41. The molecule has 3 aromatic carbocycles. The summed E-state index contributed by atoms with van der Waals surface area (Å²) < 4.78 is 18.3. The highest BCUT2D eigenvalue weighted by atomic mass is 79.9. The molecule has 31 heavy (non-hydrogen) atoms. The van der Waals surface area contributed by atoms with Crippen LogP contribution < -0.4 is 10.4 Å². The van der Waals surface area contributed by atoms with E-state index in [1.165, 1.54) is 0 Å². The van der Waals surface area contributed by atoms with Gasteiger partial charge < -0.3 is 13.6 Å². The van der Waals surface area contributed by atoms with Crippen LogP contribution in [0.2, 0.25) is 0 Å². The molecule has 0 radical (unpaired) electrons. The van der Waals surface area contributed by atoms with E-state index in [2.05, 4.69) is 15.9 Å². The Morgan fingerprint density at radius 2 is 1.55 bits per heavy atom. The van der Waals surface area contributed by atoms with Gasteiger partial charge in [0, 0.05) is 26.5 Å². The van der Waals surface area contributed by atoms with Crippen LogP contribution in [0, 0.1) is 0 Å². The van der Waals surface area contributed by atoms with Crippen molar-refractivity contribution < 1.29 is 13.6 Å². The van der Waals surface area contributed by atoms with E-state index >= 15 is 0 Å². The van der Waals surface area contributed by atoms with Crippen molar-refractivity contribution in [2.24, 2.45) is 0 Å². The van der Waals surface area contributed by atoms with Crippen LogP contribution in [0.1, 0.15) is 0 Å². The molecule has 0 aliphatic rings. The number of halogens is 1. The highest BCUT2D eigenvalue weighted by molar-refractivity contribution is 9.10. The highest BCUT2D eigenvalue weighted by Gasteiger charge is 2.21. The molecule has 0 aliphatic carbocycles. The lowest BCUT2D eigenvalue weighted by Crippen LogP contribution is -2.01. The lowest BCUT2D eigenvalue weighted by atomic mass is 10.0. The minimum atomic E-state index is -0.449. The molecule has 5 rings (SSSR count). The van der Waals surface area contributed by atoms with Crippen molar-refractivity contribution in [2.75, 3.05) is 7.11 Å². The minimum Gasteiger partial charge on any atom is -0.496 e. The van der Waals surface area contributed by atoms with Crippen LogP contribution in [0.15, 0.2) is 103 Å². The molecule has 152 valence electrons.